The molecule has 1 aromatic rings. The van der Waals surface area contributed by atoms with Crippen LogP contribution in [0.15, 0.2) is 24.3 Å². The summed E-state index contributed by atoms with van der Waals surface area (Å²) in [5, 5.41) is 0. The topological polar surface area (TPSA) is 0 Å². The van der Waals surface area contributed by atoms with Crippen molar-refractivity contribution in [3.8, 4) is 0 Å². The van der Waals surface area contributed by atoms with Crippen LogP contribution < -0.4 is 0 Å². The van der Waals surface area contributed by atoms with E-state index in [1.807, 2.05) is 0 Å². The summed E-state index contributed by atoms with van der Waals surface area (Å²) in [6.07, 6.45) is 2.01. The lowest BCUT2D eigenvalue weighted by molar-refractivity contribution is -0.137. The highest BCUT2D eigenvalue weighted by Gasteiger charge is 2.30. The van der Waals surface area contributed by atoms with Crippen LogP contribution in [0.1, 0.15) is 56.1 Å². The van der Waals surface area contributed by atoms with Gasteiger partial charge in [0, 0.05) is 0 Å². The van der Waals surface area contributed by atoms with Gasteiger partial charge >= 0.3 is 6.18 Å². The van der Waals surface area contributed by atoms with Crippen molar-refractivity contribution in [2.45, 2.75) is 51.1 Å². The molecule has 3 heteroatoms. The lowest BCUT2D eigenvalue weighted by Crippen LogP contribution is -2.14. The Labute approximate surface area is 106 Å². The summed E-state index contributed by atoms with van der Waals surface area (Å²) in [5.74, 6) is 1.00. The van der Waals surface area contributed by atoms with Gasteiger partial charge < -0.3 is 0 Å². The average Bonchev–Trinajstić information content (AvgIpc) is 2.38. The Hall–Kier alpha value is -0.990. The van der Waals surface area contributed by atoms with Gasteiger partial charge in [0.25, 0.3) is 0 Å². The van der Waals surface area contributed by atoms with Crippen molar-refractivity contribution in [2.75, 3.05) is 0 Å². The van der Waals surface area contributed by atoms with E-state index in [0.29, 0.717) is 11.8 Å². The Balaban J connectivity index is 2.09. The quantitative estimate of drug-likeness (QED) is 0.665. The molecule has 18 heavy (non-hydrogen) atoms. The van der Waals surface area contributed by atoms with E-state index in [-0.39, 0.29) is 0 Å². The van der Waals surface area contributed by atoms with Gasteiger partial charge in [-0.2, -0.15) is 13.2 Å². The summed E-state index contributed by atoms with van der Waals surface area (Å²) in [6, 6.07) is 5.69. The van der Waals surface area contributed by atoms with Crippen LogP contribution in [0, 0.1) is 5.92 Å². The fourth-order valence-electron chi connectivity index (χ4n) is 2.88. The fraction of sp³-hybridized carbons (Fsp3) is 0.600. The molecule has 100 valence electrons. The third kappa shape index (κ3) is 3.06. The molecule has 1 saturated carbocycles. The number of rotatable bonds is 2. The maximum Gasteiger partial charge on any atom is 0.416 e. The molecule has 2 rings (SSSR count). The Morgan fingerprint density at radius 3 is 2.06 bits per heavy atom. The van der Waals surface area contributed by atoms with Gasteiger partial charge in [-0.1, -0.05) is 38.3 Å². The average molecular weight is 256 g/mol. The van der Waals surface area contributed by atoms with Gasteiger partial charge in [0.1, 0.15) is 0 Å². The zero-order valence-electron chi connectivity index (χ0n) is 10.6. The van der Waals surface area contributed by atoms with Crippen molar-refractivity contribution in [3.63, 3.8) is 0 Å². The predicted molar refractivity (Wildman–Crippen MR) is 66.4 cm³/mol. The van der Waals surface area contributed by atoms with E-state index < -0.39 is 11.7 Å². The third-order valence-corrected chi connectivity index (χ3v) is 4.12. The van der Waals surface area contributed by atoms with E-state index in [0.717, 1.165) is 5.56 Å². The van der Waals surface area contributed by atoms with E-state index in [2.05, 4.69) is 6.92 Å². The van der Waals surface area contributed by atoms with E-state index in [9.17, 15) is 13.2 Å². The van der Waals surface area contributed by atoms with Crippen LogP contribution in [0.5, 0.6) is 0 Å². The third-order valence-electron chi connectivity index (χ3n) is 4.12. The fourth-order valence-corrected chi connectivity index (χ4v) is 2.88. The lowest BCUT2D eigenvalue weighted by atomic mass is 9.78. The van der Waals surface area contributed by atoms with E-state index in [4.69, 9.17) is 0 Å². The van der Waals surface area contributed by atoms with Crippen LogP contribution >= 0.6 is 0 Å². The van der Waals surface area contributed by atoms with Gasteiger partial charge in [-0.3, -0.25) is 0 Å². The first-order chi connectivity index (χ1) is 8.48. The minimum Gasteiger partial charge on any atom is -0.166 e. The Morgan fingerprint density at radius 2 is 1.56 bits per heavy atom. The molecule has 1 fully saturated rings. The maximum absolute atomic E-state index is 12.5. The van der Waals surface area contributed by atoms with Crippen molar-refractivity contribution < 1.29 is 13.2 Å². The predicted octanol–water partition coefficient (Wildman–Crippen LogP) is 5.39. The van der Waals surface area contributed by atoms with E-state index >= 15 is 0 Å². The normalized spacial score (nSPS) is 19.8. The zero-order chi connectivity index (χ0) is 13.2. The molecule has 0 heterocycles. The van der Waals surface area contributed by atoms with Gasteiger partial charge in [-0.05, 0) is 42.4 Å². The Bertz CT molecular complexity index is 372. The first-order valence-corrected chi connectivity index (χ1v) is 6.65. The standard InChI is InChI=1S/C15H19F3/c1-11(12-5-3-2-4-6-12)13-7-9-14(10-8-13)15(16,17)18/h7-12H,2-6H2,1H3. The highest BCUT2D eigenvalue weighted by molar-refractivity contribution is 5.27. The molecule has 0 N–H and O–H groups in total. The molecular formula is C15H19F3. The summed E-state index contributed by atoms with van der Waals surface area (Å²) in [6.45, 7) is 2.14. The second-order valence-corrected chi connectivity index (χ2v) is 5.31. The van der Waals surface area contributed by atoms with Gasteiger partial charge in [0.05, 0.1) is 5.56 Å². The minimum atomic E-state index is -4.23. The summed E-state index contributed by atoms with van der Waals surface area (Å²) in [4.78, 5) is 0. The molecule has 0 aromatic heterocycles. The molecule has 0 amide bonds. The van der Waals surface area contributed by atoms with Crippen molar-refractivity contribution in [3.05, 3.63) is 35.4 Å². The Kier molecular flexibility index (Phi) is 3.98. The molecule has 1 aliphatic carbocycles. The van der Waals surface area contributed by atoms with Gasteiger partial charge in [0.2, 0.25) is 0 Å². The smallest absolute Gasteiger partial charge is 0.166 e. The van der Waals surface area contributed by atoms with Gasteiger partial charge in [0.15, 0.2) is 0 Å². The number of hydrogen-bond donors (Lipinski definition) is 0. The van der Waals surface area contributed by atoms with E-state index in [1.54, 1.807) is 12.1 Å². The molecule has 0 bridgehead atoms. The molecule has 1 unspecified atom stereocenters. The van der Waals surface area contributed by atoms with E-state index in [1.165, 1.54) is 44.2 Å². The molecule has 0 nitrogen and oxygen atoms in total. The number of hydrogen-bond acceptors (Lipinski definition) is 0. The van der Waals surface area contributed by atoms with Crippen LogP contribution in [-0.2, 0) is 6.18 Å². The second kappa shape index (κ2) is 5.33. The number of benzene rings is 1. The molecular weight excluding hydrogens is 237 g/mol. The molecule has 1 aliphatic rings. The molecule has 1 aromatic carbocycles. The van der Waals surface area contributed by atoms with Crippen molar-refractivity contribution >= 4 is 0 Å². The van der Waals surface area contributed by atoms with Crippen LogP contribution in [0.25, 0.3) is 0 Å². The molecule has 0 radical (unpaired) electrons. The van der Waals surface area contributed by atoms with Gasteiger partial charge in [-0.25, -0.2) is 0 Å². The largest absolute Gasteiger partial charge is 0.416 e. The van der Waals surface area contributed by atoms with Crippen molar-refractivity contribution in [1.29, 1.82) is 0 Å². The van der Waals surface area contributed by atoms with Crippen molar-refractivity contribution in [1.82, 2.24) is 0 Å². The number of alkyl halides is 3. The van der Waals surface area contributed by atoms with Crippen LogP contribution in [0.2, 0.25) is 0 Å². The Morgan fingerprint density at radius 1 is 1.00 bits per heavy atom. The molecule has 1 atom stereocenters. The molecule has 0 aliphatic heterocycles. The summed E-state index contributed by atoms with van der Waals surface area (Å²) < 4.78 is 37.4. The molecule has 0 spiro atoms. The zero-order valence-corrected chi connectivity index (χ0v) is 10.6. The summed E-state index contributed by atoms with van der Waals surface area (Å²) >= 11 is 0. The van der Waals surface area contributed by atoms with Crippen molar-refractivity contribution in [2.24, 2.45) is 5.92 Å². The SMILES string of the molecule is CC(c1ccc(C(F)(F)F)cc1)C1CCCCC1. The number of halogens is 3. The second-order valence-electron chi connectivity index (χ2n) is 5.31. The minimum absolute atomic E-state index is 0.368. The summed E-state index contributed by atoms with van der Waals surface area (Å²) in [7, 11) is 0. The summed E-state index contributed by atoms with van der Waals surface area (Å²) in [5.41, 5.74) is 0.483. The van der Waals surface area contributed by atoms with Gasteiger partial charge in [-0.15, -0.1) is 0 Å². The highest BCUT2D eigenvalue weighted by atomic mass is 19.4. The van der Waals surface area contributed by atoms with Crippen LogP contribution in [0.3, 0.4) is 0 Å². The monoisotopic (exact) mass is 256 g/mol. The lowest BCUT2D eigenvalue weighted by Gasteiger charge is -2.28. The maximum atomic E-state index is 12.5. The van der Waals surface area contributed by atoms with Crippen LogP contribution in [0.4, 0.5) is 13.2 Å². The van der Waals surface area contributed by atoms with Crippen LogP contribution in [-0.4, -0.2) is 0 Å². The molecule has 0 saturated heterocycles. The highest BCUT2D eigenvalue weighted by Crippen LogP contribution is 2.37. The first-order valence-electron chi connectivity index (χ1n) is 6.65. The first kappa shape index (κ1) is 13.4.